The highest BCUT2D eigenvalue weighted by molar-refractivity contribution is 9.10. The molecule has 1 heterocycles. The zero-order valence-corrected chi connectivity index (χ0v) is 14.9. The lowest BCUT2D eigenvalue weighted by Gasteiger charge is -2.39. The number of hydrogen-bond donors (Lipinski definition) is 1. The van der Waals surface area contributed by atoms with Gasteiger partial charge in [-0.3, -0.25) is 0 Å². The summed E-state index contributed by atoms with van der Waals surface area (Å²) < 4.78 is 1.88. The summed E-state index contributed by atoms with van der Waals surface area (Å²) in [5, 5.41) is 3.80. The predicted octanol–water partition coefficient (Wildman–Crippen LogP) is 5.47. The Bertz CT molecular complexity index is 479. The minimum atomic E-state index is 0.454. The van der Waals surface area contributed by atoms with E-state index in [1.165, 1.54) is 24.1 Å². The molecule has 2 fully saturated rings. The van der Waals surface area contributed by atoms with E-state index in [-0.39, 0.29) is 0 Å². The van der Waals surface area contributed by atoms with Crippen LogP contribution < -0.4 is 5.32 Å². The molecule has 106 valence electrons. The molecule has 0 aliphatic heterocycles. The lowest BCUT2D eigenvalue weighted by Crippen LogP contribution is -2.44. The molecule has 4 heteroatoms. The van der Waals surface area contributed by atoms with Crippen LogP contribution in [0, 0.1) is 16.7 Å². The quantitative estimate of drug-likeness (QED) is 0.752. The van der Waals surface area contributed by atoms with E-state index >= 15 is 0 Å². The molecular formula is C15H21BrClNS. The summed E-state index contributed by atoms with van der Waals surface area (Å²) in [6.45, 7) is 8.35. The van der Waals surface area contributed by atoms with Gasteiger partial charge in [-0.25, -0.2) is 0 Å². The fraction of sp³-hybridized carbons (Fsp3) is 0.733. The van der Waals surface area contributed by atoms with Gasteiger partial charge in [0.15, 0.2) is 0 Å². The number of halogens is 2. The molecular weight excluding hydrogens is 342 g/mol. The molecule has 2 aliphatic rings. The van der Waals surface area contributed by atoms with E-state index in [1.807, 2.05) is 0 Å². The molecule has 0 saturated heterocycles. The van der Waals surface area contributed by atoms with E-state index in [2.05, 4.69) is 48.1 Å². The van der Waals surface area contributed by atoms with Crippen LogP contribution in [0.25, 0.3) is 0 Å². The summed E-state index contributed by atoms with van der Waals surface area (Å²) in [5.41, 5.74) is 0.939. The van der Waals surface area contributed by atoms with Crippen molar-refractivity contribution in [2.75, 3.05) is 0 Å². The molecule has 3 rings (SSSR count). The lowest BCUT2D eigenvalue weighted by molar-refractivity contribution is 0.120. The fourth-order valence-corrected chi connectivity index (χ4v) is 5.96. The van der Waals surface area contributed by atoms with Crippen LogP contribution >= 0.6 is 38.9 Å². The Morgan fingerprint density at radius 1 is 1.47 bits per heavy atom. The van der Waals surface area contributed by atoms with Crippen molar-refractivity contribution in [2.45, 2.75) is 52.6 Å². The summed E-state index contributed by atoms with van der Waals surface area (Å²) in [5.74, 6) is 0.897. The van der Waals surface area contributed by atoms with Gasteiger partial charge in [0.25, 0.3) is 0 Å². The fourth-order valence-electron chi connectivity index (χ4n) is 4.21. The number of fused-ring (bicyclic) bond motifs is 2. The molecule has 0 aromatic carbocycles. The van der Waals surface area contributed by atoms with Crippen molar-refractivity contribution in [3.63, 3.8) is 0 Å². The molecule has 1 N–H and O–H groups in total. The van der Waals surface area contributed by atoms with E-state index in [1.54, 1.807) is 11.3 Å². The topological polar surface area (TPSA) is 12.0 Å². The molecule has 1 aromatic heterocycles. The smallest absolute Gasteiger partial charge is 0.107 e. The van der Waals surface area contributed by atoms with Crippen molar-refractivity contribution >= 4 is 38.9 Å². The van der Waals surface area contributed by atoms with Crippen LogP contribution in [0.5, 0.6) is 0 Å². The molecule has 0 radical (unpaired) electrons. The SMILES string of the molecule is CC1(C)C2CCC1(C)C(NCc1cc(Br)c(Cl)s1)C2. The van der Waals surface area contributed by atoms with Crippen molar-refractivity contribution in [3.05, 3.63) is 19.8 Å². The highest BCUT2D eigenvalue weighted by Gasteiger charge is 2.60. The van der Waals surface area contributed by atoms with Crippen molar-refractivity contribution in [1.82, 2.24) is 5.32 Å². The van der Waals surface area contributed by atoms with Crippen LogP contribution in [0.15, 0.2) is 10.5 Å². The van der Waals surface area contributed by atoms with Gasteiger partial charge < -0.3 is 5.32 Å². The summed E-state index contributed by atoms with van der Waals surface area (Å²) in [7, 11) is 0. The minimum Gasteiger partial charge on any atom is -0.309 e. The van der Waals surface area contributed by atoms with Crippen LogP contribution in [0.1, 0.15) is 44.9 Å². The van der Waals surface area contributed by atoms with Gasteiger partial charge >= 0.3 is 0 Å². The molecule has 3 unspecified atom stereocenters. The Balaban J connectivity index is 1.69. The Hall–Kier alpha value is 0.430. The Kier molecular flexibility index (Phi) is 3.57. The number of thiophene rings is 1. The van der Waals surface area contributed by atoms with E-state index in [0.717, 1.165) is 21.3 Å². The van der Waals surface area contributed by atoms with Crippen molar-refractivity contribution in [2.24, 2.45) is 16.7 Å². The van der Waals surface area contributed by atoms with E-state index in [0.29, 0.717) is 16.9 Å². The summed E-state index contributed by atoms with van der Waals surface area (Å²) in [6.07, 6.45) is 4.12. The Labute approximate surface area is 133 Å². The van der Waals surface area contributed by atoms with Crippen LogP contribution in [0.4, 0.5) is 0 Å². The van der Waals surface area contributed by atoms with Gasteiger partial charge in [0.05, 0.1) is 0 Å². The maximum Gasteiger partial charge on any atom is 0.107 e. The second-order valence-corrected chi connectivity index (χ2v) is 9.47. The first-order chi connectivity index (χ1) is 8.84. The zero-order valence-electron chi connectivity index (χ0n) is 11.7. The Morgan fingerprint density at radius 3 is 2.68 bits per heavy atom. The van der Waals surface area contributed by atoms with Crippen molar-refractivity contribution in [3.8, 4) is 0 Å². The van der Waals surface area contributed by atoms with E-state index in [4.69, 9.17) is 11.6 Å². The largest absolute Gasteiger partial charge is 0.309 e. The second-order valence-electron chi connectivity index (χ2n) is 6.88. The average molecular weight is 363 g/mol. The minimum absolute atomic E-state index is 0.454. The number of nitrogens with one attached hydrogen (secondary N) is 1. The van der Waals surface area contributed by atoms with Crippen LogP contribution in [0.2, 0.25) is 4.34 Å². The van der Waals surface area contributed by atoms with Gasteiger partial charge in [-0.2, -0.15) is 0 Å². The third kappa shape index (κ3) is 2.12. The molecule has 1 nitrogen and oxygen atoms in total. The van der Waals surface area contributed by atoms with E-state index < -0.39 is 0 Å². The average Bonchev–Trinajstić information content (AvgIpc) is 2.84. The standard InChI is InChI=1S/C15H21BrClNS/c1-14(2)9-4-5-15(14,3)12(6-9)18-8-10-7-11(16)13(17)19-10/h7,9,12,18H,4-6,8H2,1-3H3. The molecule has 2 saturated carbocycles. The molecule has 1 aromatic rings. The first-order valence-electron chi connectivity index (χ1n) is 7.01. The second kappa shape index (κ2) is 4.72. The Morgan fingerprint density at radius 2 is 2.21 bits per heavy atom. The number of rotatable bonds is 3. The third-order valence-electron chi connectivity index (χ3n) is 6.01. The molecule has 0 spiro atoms. The van der Waals surface area contributed by atoms with E-state index in [9.17, 15) is 0 Å². The summed E-state index contributed by atoms with van der Waals surface area (Å²) in [6, 6.07) is 2.79. The summed E-state index contributed by atoms with van der Waals surface area (Å²) in [4.78, 5) is 1.32. The lowest BCUT2D eigenvalue weighted by atomic mass is 9.69. The first-order valence-corrected chi connectivity index (χ1v) is 9.00. The van der Waals surface area contributed by atoms with Gasteiger partial charge in [0.2, 0.25) is 0 Å². The normalized spacial score (nSPS) is 36.1. The maximum atomic E-state index is 6.10. The molecule has 2 bridgehead atoms. The van der Waals surface area contributed by atoms with Crippen molar-refractivity contribution in [1.29, 1.82) is 0 Å². The highest BCUT2D eigenvalue weighted by atomic mass is 79.9. The van der Waals surface area contributed by atoms with Crippen LogP contribution in [-0.2, 0) is 6.54 Å². The van der Waals surface area contributed by atoms with Gasteiger partial charge in [0, 0.05) is 21.9 Å². The maximum absolute atomic E-state index is 6.10. The van der Waals surface area contributed by atoms with Crippen LogP contribution in [0.3, 0.4) is 0 Å². The van der Waals surface area contributed by atoms with Gasteiger partial charge in [-0.15, -0.1) is 11.3 Å². The van der Waals surface area contributed by atoms with Crippen LogP contribution in [-0.4, -0.2) is 6.04 Å². The molecule has 3 atom stereocenters. The molecule has 19 heavy (non-hydrogen) atoms. The first kappa shape index (κ1) is 14.4. The summed E-state index contributed by atoms with van der Waals surface area (Å²) >= 11 is 11.3. The third-order valence-corrected chi connectivity index (χ3v) is 8.49. The van der Waals surface area contributed by atoms with Crippen molar-refractivity contribution < 1.29 is 0 Å². The van der Waals surface area contributed by atoms with Gasteiger partial charge in [0.1, 0.15) is 4.34 Å². The predicted molar refractivity (Wildman–Crippen MR) is 86.9 cm³/mol. The zero-order chi connectivity index (χ0) is 13.8. The molecule has 2 aliphatic carbocycles. The number of hydrogen-bond acceptors (Lipinski definition) is 2. The highest BCUT2D eigenvalue weighted by Crippen LogP contribution is 2.65. The molecule has 0 amide bonds. The van der Waals surface area contributed by atoms with Gasteiger partial charge in [-0.05, 0) is 58.0 Å². The monoisotopic (exact) mass is 361 g/mol. The van der Waals surface area contributed by atoms with Gasteiger partial charge in [-0.1, -0.05) is 32.4 Å².